The molecular formula is C12H18ClF2N3O3S. The zero-order valence-corrected chi connectivity index (χ0v) is 13.9. The van der Waals surface area contributed by atoms with E-state index in [-0.39, 0.29) is 12.4 Å². The largest absolute Gasteiger partial charge is 0.322 e. The summed E-state index contributed by atoms with van der Waals surface area (Å²) in [6.45, 7) is 4.30. The fourth-order valence-corrected chi connectivity index (χ4v) is 2.99. The van der Waals surface area contributed by atoms with Crippen molar-refractivity contribution in [1.82, 2.24) is 4.72 Å². The number of benzene rings is 1. The maximum absolute atomic E-state index is 13.7. The molecule has 0 heterocycles. The first-order valence-electron chi connectivity index (χ1n) is 5.99. The number of hydrogen-bond donors (Lipinski definition) is 3. The van der Waals surface area contributed by atoms with Gasteiger partial charge in [0.25, 0.3) is 0 Å². The molecule has 6 nitrogen and oxygen atoms in total. The average molecular weight is 358 g/mol. The SMILES string of the molecule is CC(C)(C)NS(=O)(=O)c1cc(NC(=O)CN)c(F)cc1F.Cl. The number of carbonyl (C=O) groups excluding carboxylic acids is 1. The summed E-state index contributed by atoms with van der Waals surface area (Å²) < 4.78 is 53.7. The Morgan fingerprint density at radius 2 is 1.77 bits per heavy atom. The summed E-state index contributed by atoms with van der Waals surface area (Å²) in [5.41, 5.74) is 3.76. The number of carbonyl (C=O) groups is 1. The molecule has 0 saturated heterocycles. The van der Waals surface area contributed by atoms with Crippen LogP contribution in [-0.4, -0.2) is 26.4 Å². The molecule has 0 fully saturated rings. The molecule has 22 heavy (non-hydrogen) atoms. The van der Waals surface area contributed by atoms with Crippen LogP contribution in [0.2, 0.25) is 0 Å². The second-order valence-electron chi connectivity index (χ2n) is 5.37. The Morgan fingerprint density at radius 3 is 2.23 bits per heavy atom. The van der Waals surface area contributed by atoms with Gasteiger partial charge >= 0.3 is 0 Å². The summed E-state index contributed by atoms with van der Waals surface area (Å²) in [5, 5.41) is 2.06. The summed E-state index contributed by atoms with van der Waals surface area (Å²) in [4.78, 5) is 10.4. The maximum atomic E-state index is 13.7. The minimum atomic E-state index is -4.20. The van der Waals surface area contributed by atoms with Gasteiger partial charge in [-0.05, 0) is 26.8 Å². The molecule has 1 aromatic rings. The molecule has 0 aliphatic heterocycles. The molecule has 0 aromatic heterocycles. The van der Waals surface area contributed by atoms with E-state index in [0.29, 0.717) is 12.1 Å². The van der Waals surface area contributed by atoms with Crippen LogP contribution in [0.15, 0.2) is 17.0 Å². The molecule has 126 valence electrons. The molecule has 1 rings (SSSR count). The second kappa shape index (κ2) is 7.32. The van der Waals surface area contributed by atoms with E-state index in [2.05, 4.69) is 10.0 Å². The molecule has 0 saturated carbocycles. The molecule has 1 aromatic carbocycles. The Labute approximate surface area is 133 Å². The van der Waals surface area contributed by atoms with Crippen LogP contribution in [0.5, 0.6) is 0 Å². The average Bonchev–Trinajstić information content (AvgIpc) is 2.28. The van der Waals surface area contributed by atoms with Gasteiger partial charge in [-0.2, -0.15) is 0 Å². The van der Waals surface area contributed by atoms with Crippen molar-refractivity contribution in [3.8, 4) is 0 Å². The van der Waals surface area contributed by atoms with Crippen LogP contribution in [0.1, 0.15) is 20.8 Å². The standard InChI is InChI=1S/C12H17F2N3O3S.ClH/c1-12(2,3)17-21(19,20)10-5-9(16-11(18)6-15)7(13)4-8(10)14;/h4-5,17H,6,15H2,1-3H3,(H,16,18);1H. The predicted molar refractivity (Wildman–Crippen MR) is 81.4 cm³/mol. The van der Waals surface area contributed by atoms with E-state index in [1.54, 1.807) is 20.8 Å². The molecule has 0 aliphatic rings. The van der Waals surface area contributed by atoms with Crippen molar-refractivity contribution >= 4 is 34.0 Å². The van der Waals surface area contributed by atoms with Gasteiger partial charge in [0.05, 0.1) is 12.2 Å². The quantitative estimate of drug-likeness (QED) is 0.757. The van der Waals surface area contributed by atoms with Gasteiger partial charge < -0.3 is 11.1 Å². The van der Waals surface area contributed by atoms with Gasteiger partial charge in [0.1, 0.15) is 16.5 Å². The van der Waals surface area contributed by atoms with Gasteiger partial charge in [0.2, 0.25) is 15.9 Å². The summed E-state index contributed by atoms with van der Waals surface area (Å²) >= 11 is 0. The van der Waals surface area contributed by atoms with Gasteiger partial charge in [-0.3, -0.25) is 4.79 Å². The lowest BCUT2D eigenvalue weighted by Gasteiger charge is -2.21. The number of nitrogens with two attached hydrogens (primary N) is 1. The molecule has 0 bridgehead atoms. The van der Waals surface area contributed by atoms with E-state index in [0.717, 1.165) is 0 Å². The third-order valence-electron chi connectivity index (χ3n) is 2.21. The van der Waals surface area contributed by atoms with Crippen molar-refractivity contribution in [1.29, 1.82) is 0 Å². The molecule has 0 spiro atoms. The highest BCUT2D eigenvalue weighted by Gasteiger charge is 2.26. The molecule has 0 aliphatic carbocycles. The van der Waals surface area contributed by atoms with Crippen LogP contribution in [0.4, 0.5) is 14.5 Å². The molecule has 0 unspecified atom stereocenters. The van der Waals surface area contributed by atoms with Crippen LogP contribution in [-0.2, 0) is 14.8 Å². The van der Waals surface area contributed by atoms with Crippen molar-refractivity contribution in [3.63, 3.8) is 0 Å². The van der Waals surface area contributed by atoms with Gasteiger partial charge in [-0.25, -0.2) is 21.9 Å². The zero-order valence-electron chi connectivity index (χ0n) is 12.2. The topological polar surface area (TPSA) is 101 Å². The van der Waals surface area contributed by atoms with Crippen LogP contribution in [0.3, 0.4) is 0 Å². The van der Waals surface area contributed by atoms with Crippen molar-refractivity contribution in [2.45, 2.75) is 31.2 Å². The van der Waals surface area contributed by atoms with Crippen LogP contribution >= 0.6 is 12.4 Å². The molecular weight excluding hydrogens is 340 g/mol. The van der Waals surface area contributed by atoms with Crippen molar-refractivity contribution in [2.24, 2.45) is 5.73 Å². The lowest BCUT2D eigenvalue weighted by Crippen LogP contribution is -2.40. The van der Waals surface area contributed by atoms with Crippen molar-refractivity contribution in [2.75, 3.05) is 11.9 Å². The Morgan fingerprint density at radius 1 is 1.23 bits per heavy atom. The number of anilines is 1. The minimum Gasteiger partial charge on any atom is -0.322 e. The molecule has 10 heteroatoms. The number of halogens is 3. The number of sulfonamides is 1. The van der Waals surface area contributed by atoms with Gasteiger partial charge in [0, 0.05) is 11.6 Å². The Balaban J connectivity index is 0.00000441. The van der Waals surface area contributed by atoms with Crippen molar-refractivity contribution in [3.05, 3.63) is 23.8 Å². The highest BCUT2D eigenvalue weighted by atomic mass is 35.5. The number of rotatable bonds is 4. The maximum Gasteiger partial charge on any atom is 0.244 e. The van der Waals surface area contributed by atoms with Gasteiger partial charge in [0.15, 0.2) is 0 Å². The lowest BCUT2D eigenvalue weighted by atomic mass is 10.1. The molecule has 1 amide bonds. The molecule has 0 radical (unpaired) electrons. The predicted octanol–water partition coefficient (Wildman–Crippen LogP) is 1.36. The fraction of sp³-hybridized carbons (Fsp3) is 0.417. The first-order chi connectivity index (χ1) is 9.46. The Kier molecular flexibility index (Phi) is 6.89. The van der Waals surface area contributed by atoms with Gasteiger partial charge in [-0.1, -0.05) is 0 Å². The van der Waals surface area contributed by atoms with Gasteiger partial charge in [-0.15, -0.1) is 12.4 Å². The molecule has 4 N–H and O–H groups in total. The summed E-state index contributed by atoms with van der Waals surface area (Å²) in [6.07, 6.45) is 0. The van der Waals surface area contributed by atoms with E-state index in [1.807, 2.05) is 0 Å². The van der Waals surface area contributed by atoms with Crippen molar-refractivity contribution < 1.29 is 22.0 Å². The monoisotopic (exact) mass is 357 g/mol. The van der Waals surface area contributed by atoms with Crippen LogP contribution in [0.25, 0.3) is 0 Å². The third-order valence-corrected chi connectivity index (χ3v) is 3.98. The molecule has 0 atom stereocenters. The highest BCUT2D eigenvalue weighted by molar-refractivity contribution is 7.89. The highest BCUT2D eigenvalue weighted by Crippen LogP contribution is 2.24. The summed E-state index contributed by atoms with van der Waals surface area (Å²) in [6, 6.07) is 1.11. The first kappa shape index (κ1) is 20.7. The number of amides is 1. The zero-order chi connectivity index (χ0) is 16.4. The van der Waals surface area contributed by atoms with E-state index >= 15 is 0 Å². The van der Waals surface area contributed by atoms with E-state index < -0.39 is 50.2 Å². The normalized spacial score (nSPS) is 11.7. The first-order valence-corrected chi connectivity index (χ1v) is 7.47. The minimum absolute atomic E-state index is 0. The summed E-state index contributed by atoms with van der Waals surface area (Å²) in [7, 11) is -4.20. The second-order valence-corrected chi connectivity index (χ2v) is 7.02. The number of hydrogen-bond acceptors (Lipinski definition) is 4. The Bertz CT molecular complexity index is 660. The number of nitrogens with one attached hydrogen (secondary N) is 2. The smallest absolute Gasteiger partial charge is 0.244 e. The van der Waals surface area contributed by atoms with E-state index in [1.165, 1.54) is 0 Å². The van der Waals surface area contributed by atoms with Crippen LogP contribution in [0, 0.1) is 11.6 Å². The summed E-state index contributed by atoms with van der Waals surface area (Å²) in [5.74, 6) is -3.08. The fourth-order valence-electron chi connectivity index (χ4n) is 1.49. The van der Waals surface area contributed by atoms with Crippen LogP contribution < -0.4 is 15.8 Å². The van der Waals surface area contributed by atoms with E-state index in [9.17, 15) is 22.0 Å². The lowest BCUT2D eigenvalue weighted by molar-refractivity contribution is -0.114. The van der Waals surface area contributed by atoms with E-state index in [4.69, 9.17) is 5.73 Å². The third kappa shape index (κ3) is 5.48. The Hall–Kier alpha value is -1.29.